The minimum atomic E-state index is -0.269. The van der Waals surface area contributed by atoms with E-state index in [1.165, 1.54) is 25.5 Å². The van der Waals surface area contributed by atoms with Gasteiger partial charge >= 0.3 is 5.97 Å². The minimum Gasteiger partial charge on any atom is -0.469 e. The molecular formula is C20H23BrO2. The molecule has 0 heterocycles. The molecule has 0 aliphatic rings. The highest BCUT2D eigenvalue weighted by molar-refractivity contribution is 9.10. The average molecular weight is 375 g/mol. The lowest BCUT2D eigenvalue weighted by molar-refractivity contribution is -0.142. The Labute approximate surface area is 147 Å². The Bertz CT molecular complexity index is 617. The predicted octanol–water partition coefficient (Wildman–Crippen LogP) is 5.29. The van der Waals surface area contributed by atoms with Crippen molar-refractivity contribution in [3.63, 3.8) is 0 Å². The smallest absolute Gasteiger partial charge is 0.313 e. The molecule has 0 bridgehead atoms. The summed E-state index contributed by atoms with van der Waals surface area (Å²) in [7, 11) is 1.45. The van der Waals surface area contributed by atoms with E-state index < -0.39 is 0 Å². The lowest BCUT2D eigenvalue weighted by Crippen LogP contribution is -2.16. The molecule has 2 rings (SSSR count). The first-order chi connectivity index (χ1) is 11.1. The third-order valence-corrected chi connectivity index (χ3v) is 4.57. The van der Waals surface area contributed by atoms with Gasteiger partial charge in [0.05, 0.1) is 13.0 Å². The number of hydrogen-bond donors (Lipinski definition) is 0. The van der Waals surface area contributed by atoms with E-state index in [2.05, 4.69) is 47.1 Å². The Morgan fingerprint density at radius 2 is 1.65 bits per heavy atom. The van der Waals surface area contributed by atoms with Crippen LogP contribution in [0.1, 0.15) is 42.4 Å². The van der Waals surface area contributed by atoms with Crippen molar-refractivity contribution in [3.05, 3.63) is 69.7 Å². The summed E-state index contributed by atoms with van der Waals surface area (Å²) in [5, 5.41) is 0. The first-order valence-electron chi connectivity index (χ1n) is 8.05. The van der Waals surface area contributed by atoms with Crippen LogP contribution in [-0.2, 0) is 22.4 Å². The van der Waals surface area contributed by atoms with E-state index in [-0.39, 0.29) is 11.9 Å². The molecule has 0 saturated heterocycles. The molecule has 0 aromatic heterocycles. The van der Waals surface area contributed by atoms with Crippen molar-refractivity contribution in [1.82, 2.24) is 0 Å². The van der Waals surface area contributed by atoms with E-state index in [0.29, 0.717) is 6.42 Å². The van der Waals surface area contributed by atoms with Crippen molar-refractivity contribution in [2.24, 2.45) is 0 Å². The normalized spacial score (nSPS) is 12.0. The Kier molecular flexibility index (Phi) is 6.85. The van der Waals surface area contributed by atoms with Gasteiger partial charge in [0.25, 0.3) is 0 Å². The maximum atomic E-state index is 12.2. The average Bonchev–Trinajstić information content (AvgIpc) is 2.59. The third kappa shape index (κ3) is 5.21. The molecule has 0 fully saturated rings. The van der Waals surface area contributed by atoms with Gasteiger partial charge < -0.3 is 4.74 Å². The highest BCUT2D eigenvalue weighted by atomic mass is 79.9. The third-order valence-electron chi connectivity index (χ3n) is 4.04. The van der Waals surface area contributed by atoms with Crippen LogP contribution in [0.4, 0.5) is 0 Å². The lowest BCUT2D eigenvalue weighted by Gasteiger charge is -2.15. The summed E-state index contributed by atoms with van der Waals surface area (Å²) in [6.45, 7) is 2.20. The molecule has 1 atom stereocenters. The van der Waals surface area contributed by atoms with Crippen LogP contribution in [0.2, 0.25) is 0 Å². The molecule has 23 heavy (non-hydrogen) atoms. The number of hydrogen-bond acceptors (Lipinski definition) is 2. The summed E-state index contributed by atoms with van der Waals surface area (Å²) in [6.07, 6.45) is 4.19. The molecule has 0 radical (unpaired) electrons. The second kappa shape index (κ2) is 8.88. The van der Waals surface area contributed by atoms with Crippen LogP contribution in [0, 0.1) is 0 Å². The highest BCUT2D eigenvalue weighted by Gasteiger charge is 2.21. The van der Waals surface area contributed by atoms with Gasteiger partial charge in [0.2, 0.25) is 0 Å². The molecule has 2 aromatic rings. The molecule has 0 aliphatic carbocycles. The first kappa shape index (κ1) is 17.7. The van der Waals surface area contributed by atoms with E-state index in [0.717, 1.165) is 22.0 Å². The molecule has 0 saturated carbocycles. The monoisotopic (exact) mass is 374 g/mol. The van der Waals surface area contributed by atoms with Gasteiger partial charge in [0.1, 0.15) is 0 Å². The molecule has 0 aliphatic heterocycles. The largest absolute Gasteiger partial charge is 0.469 e. The van der Waals surface area contributed by atoms with Gasteiger partial charge in [-0.05, 0) is 48.1 Å². The molecule has 2 aromatic carbocycles. The fraction of sp³-hybridized carbons (Fsp3) is 0.350. The van der Waals surface area contributed by atoms with Gasteiger partial charge in [-0.1, -0.05) is 65.7 Å². The number of methoxy groups -OCH3 is 1. The van der Waals surface area contributed by atoms with Crippen LogP contribution in [0.25, 0.3) is 0 Å². The van der Waals surface area contributed by atoms with Crippen molar-refractivity contribution in [3.8, 4) is 0 Å². The summed E-state index contributed by atoms with van der Waals surface area (Å²) < 4.78 is 6.00. The van der Waals surface area contributed by atoms with Crippen molar-refractivity contribution < 1.29 is 9.53 Å². The molecule has 0 N–H and O–H groups in total. The van der Waals surface area contributed by atoms with E-state index in [1.807, 2.05) is 24.3 Å². The zero-order valence-corrected chi connectivity index (χ0v) is 15.3. The molecule has 3 heteroatoms. The Morgan fingerprint density at radius 3 is 2.22 bits per heavy atom. The SMILES string of the molecule is CCCCc1ccc(C[C@H](C(=O)OC)c2ccc(Br)cc2)cc1. The van der Waals surface area contributed by atoms with Gasteiger partial charge in [-0.15, -0.1) is 0 Å². The maximum absolute atomic E-state index is 12.2. The van der Waals surface area contributed by atoms with Crippen LogP contribution in [0.3, 0.4) is 0 Å². The summed E-state index contributed by atoms with van der Waals surface area (Å²) in [6, 6.07) is 16.4. The van der Waals surface area contributed by atoms with E-state index in [9.17, 15) is 4.79 Å². The Morgan fingerprint density at radius 1 is 1.04 bits per heavy atom. The maximum Gasteiger partial charge on any atom is 0.313 e. The Balaban J connectivity index is 2.14. The zero-order valence-electron chi connectivity index (χ0n) is 13.7. The number of aryl methyl sites for hydroxylation is 1. The van der Waals surface area contributed by atoms with Gasteiger partial charge in [-0.25, -0.2) is 0 Å². The quantitative estimate of drug-likeness (QED) is 0.615. The number of benzene rings is 2. The van der Waals surface area contributed by atoms with Crippen LogP contribution >= 0.6 is 15.9 Å². The summed E-state index contributed by atoms with van der Waals surface area (Å²) in [4.78, 5) is 12.2. The second-order valence-corrected chi connectivity index (χ2v) is 6.67. The number of esters is 1. The standard InChI is InChI=1S/C20H23BrO2/c1-3-4-5-15-6-8-16(9-7-15)14-19(20(22)23-2)17-10-12-18(21)13-11-17/h6-13,19H,3-5,14H2,1-2H3/t19-/m0/s1. The van der Waals surface area contributed by atoms with Crippen LogP contribution < -0.4 is 0 Å². The van der Waals surface area contributed by atoms with E-state index in [1.54, 1.807) is 0 Å². The fourth-order valence-electron chi connectivity index (χ4n) is 2.63. The topological polar surface area (TPSA) is 26.3 Å². The molecule has 0 unspecified atom stereocenters. The fourth-order valence-corrected chi connectivity index (χ4v) is 2.90. The number of rotatable bonds is 7. The number of unbranched alkanes of at least 4 members (excludes halogenated alkanes) is 1. The molecule has 122 valence electrons. The van der Waals surface area contributed by atoms with E-state index in [4.69, 9.17) is 4.74 Å². The number of carbonyl (C=O) groups excluding carboxylic acids is 1. The number of halogens is 1. The summed E-state index contributed by atoms with van der Waals surface area (Å²) in [5.41, 5.74) is 3.49. The van der Waals surface area contributed by atoms with Crippen molar-refractivity contribution in [2.45, 2.75) is 38.5 Å². The predicted molar refractivity (Wildman–Crippen MR) is 97.7 cm³/mol. The van der Waals surface area contributed by atoms with Crippen LogP contribution in [0.15, 0.2) is 53.0 Å². The van der Waals surface area contributed by atoms with Gasteiger partial charge in [0.15, 0.2) is 0 Å². The molecular weight excluding hydrogens is 352 g/mol. The van der Waals surface area contributed by atoms with Gasteiger partial charge in [-0.2, -0.15) is 0 Å². The van der Waals surface area contributed by atoms with E-state index >= 15 is 0 Å². The number of ether oxygens (including phenoxy) is 1. The first-order valence-corrected chi connectivity index (χ1v) is 8.84. The molecule has 0 amide bonds. The van der Waals surface area contributed by atoms with Crippen molar-refractivity contribution in [2.75, 3.05) is 7.11 Å². The zero-order chi connectivity index (χ0) is 16.7. The van der Waals surface area contributed by atoms with Crippen LogP contribution in [-0.4, -0.2) is 13.1 Å². The summed E-state index contributed by atoms with van der Waals surface area (Å²) in [5.74, 6) is -0.461. The summed E-state index contributed by atoms with van der Waals surface area (Å²) >= 11 is 3.43. The second-order valence-electron chi connectivity index (χ2n) is 5.75. The molecule has 2 nitrogen and oxygen atoms in total. The Hall–Kier alpha value is -1.61. The van der Waals surface area contributed by atoms with Crippen molar-refractivity contribution >= 4 is 21.9 Å². The minimum absolute atomic E-state index is 0.192. The van der Waals surface area contributed by atoms with Gasteiger partial charge in [-0.3, -0.25) is 4.79 Å². The van der Waals surface area contributed by atoms with Crippen LogP contribution in [0.5, 0.6) is 0 Å². The molecule has 0 spiro atoms. The van der Waals surface area contributed by atoms with Crippen molar-refractivity contribution in [1.29, 1.82) is 0 Å². The van der Waals surface area contributed by atoms with Gasteiger partial charge in [0, 0.05) is 4.47 Å². The number of carbonyl (C=O) groups is 1. The highest BCUT2D eigenvalue weighted by Crippen LogP contribution is 2.24. The lowest BCUT2D eigenvalue weighted by atomic mass is 9.91.